The minimum atomic E-state index is -0.352. The second-order valence-corrected chi connectivity index (χ2v) is 7.83. The molecule has 0 atom stereocenters. The summed E-state index contributed by atoms with van der Waals surface area (Å²) in [5.41, 5.74) is 12.3. The molecule has 1 fully saturated rings. The molecular weight excluding hydrogens is 370 g/mol. The van der Waals surface area contributed by atoms with Gasteiger partial charge in [-0.3, -0.25) is 0 Å². The van der Waals surface area contributed by atoms with E-state index in [1.807, 2.05) is 6.07 Å². The van der Waals surface area contributed by atoms with E-state index in [1.165, 1.54) is 28.7 Å². The molecule has 0 aliphatic heterocycles. The predicted octanol–water partition coefficient (Wildman–Crippen LogP) is 5.72. The van der Waals surface area contributed by atoms with E-state index in [-0.39, 0.29) is 33.5 Å². The molecule has 0 bridgehead atoms. The normalized spacial score (nSPS) is 14.4. The van der Waals surface area contributed by atoms with Gasteiger partial charge in [0.05, 0.1) is 5.91 Å². The Labute approximate surface area is 175 Å². The third-order valence-corrected chi connectivity index (χ3v) is 4.59. The molecule has 2 aromatic rings. The molecule has 2 aromatic carbocycles. The van der Waals surface area contributed by atoms with Crippen molar-refractivity contribution in [1.82, 2.24) is 0 Å². The Morgan fingerprint density at radius 1 is 1.04 bits per heavy atom. The zero-order valence-corrected chi connectivity index (χ0v) is 18.6. The molecule has 0 spiro atoms. The number of hydrogen-bond donors (Lipinski definition) is 0. The Kier molecular flexibility index (Phi) is 10.8. The molecule has 135 valence electrons. The molecule has 4 rings (SSSR count). The van der Waals surface area contributed by atoms with Gasteiger partial charge in [0, 0.05) is 15.4 Å². The number of nitrogens with one attached hydrogen (secondary N) is 1. The monoisotopic (exact) mass is 398 g/mol. The van der Waals surface area contributed by atoms with E-state index in [0.717, 1.165) is 41.6 Å². The number of amides is 1. The van der Waals surface area contributed by atoms with Crippen LogP contribution in [0.25, 0.3) is 16.9 Å². The summed E-state index contributed by atoms with van der Waals surface area (Å²) in [6.45, 7) is 4.42. The summed E-state index contributed by atoms with van der Waals surface area (Å²) in [6, 6.07) is 18.1. The van der Waals surface area contributed by atoms with Crippen molar-refractivity contribution >= 4 is 15.4 Å². The van der Waals surface area contributed by atoms with Gasteiger partial charge in [-0.25, -0.2) is 0 Å². The van der Waals surface area contributed by atoms with Gasteiger partial charge in [0.1, 0.15) is 0 Å². The molecule has 1 saturated carbocycles. The van der Waals surface area contributed by atoms with Crippen LogP contribution < -0.4 is 0 Å². The topological polar surface area (TPSA) is 40.9 Å². The molecule has 0 unspecified atom stereocenters. The Morgan fingerprint density at radius 3 is 2.27 bits per heavy atom. The van der Waals surface area contributed by atoms with Crippen molar-refractivity contribution in [2.24, 2.45) is 5.92 Å². The van der Waals surface area contributed by atoms with Crippen molar-refractivity contribution in [2.45, 2.75) is 51.6 Å². The average Bonchev–Trinajstić information content (AvgIpc) is 3.02. The van der Waals surface area contributed by atoms with Crippen LogP contribution in [0.5, 0.6) is 0 Å². The van der Waals surface area contributed by atoms with Gasteiger partial charge in [0.15, 0.2) is 0 Å². The van der Waals surface area contributed by atoms with Crippen molar-refractivity contribution in [3.63, 3.8) is 0 Å². The van der Waals surface area contributed by atoms with Crippen LogP contribution in [0, 0.1) is 12.0 Å². The summed E-state index contributed by atoms with van der Waals surface area (Å²) in [6.07, 6.45) is 6.52. The molecule has 2 aliphatic carbocycles. The van der Waals surface area contributed by atoms with Crippen LogP contribution in [0.4, 0.5) is 0 Å². The minimum absolute atomic E-state index is 0. The number of carbonyl (C=O) groups is 1. The molecule has 0 aromatic heterocycles. The van der Waals surface area contributed by atoms with Crippen molar-refractivity contribution in [3.05, 3.63) is 65.4 Å². The van der Waals surface area contributed by atoms with Gasteiger partial charge in [-0.15, -0.1) is 5.56 Å². The van der Waals surface area contributed by atoms with Crippen LogP contribution in [-0.2, 0) is 32.9 Å². The summed E-state index contributed by atoms with van der Waals surface area (Å²) < 4.78 is 0. The van der Waals surface area contributed by atoms with E-state index >= 15 is 0 Å². The number of hydrogen-bond acceptors (Lipinski definition) is 1. The fourth-order valence-corrected chi connectivity index (χ4v) is 3.36. The van der Waals surface area contributed by atoms with Crippen LogP contribution in [-0.4, -0.2) is 15.4 Å². The maximum absolute atomic E-state index is 10.5. The van der Waals surface area contributed by atoms with Crippen LogP contribution in [0.1, 0.15) is 43.2 Å². The van der Waals surface area contributed by atoms with Gasteiger partial charge in [0.25, 0.3) is 0 Å². The van der Waals surface area contributed by atoms with Crippen LogP contribution in [0.15, 0.2) is 42.5 Å². The van der Waals surface area contributed by atoms with Gasteiger partial charge < -0.3 is 10.5 Å². The summed E-state index contributed by atoms with van der Waals surface area (Å²) in [5, 5.41) is 0. The molecule has 4 heteroatoms. The average molecular weight is 398 g/mol. The van der Waals surface area contributed by atoms with E-state index < -0.39 is 0 Å². The minimum Gasteiger partial charge on any atom is -0.668 e. The number of benzene rings is 2. The molecule has 0 heterocycles. The molecule has 2 nitrogen and oxygen atoms in total. The number of carbonyl (C=O) groups excluding carboxylic acids is 1. The SMILES string of the molecule is C[SiH]C.[NH-]C(=O)C1CCCCC1.[Ti+2].[c-]1cccc2c1Cc1ccccc1-2. The number of fused-ring (bicyclic) bond motifs is 3. The first-order chi connectivity index (χ1) is 12.2. The van der Waals surface area contributed by atoms with Crippen LogP contribution in [0.2, 0.25) is 13.1 Å². The first-order valence-corrected chi connectivity index (χ1v) is 11.6. The molecule has 1 radical (unpaired) electrons. The number of rotatable bonds is 1. The van der Waals surface area contributed by atoms with Gasteiger partial charge in [-0.2, -0.15) is 29.8 Å². The zero-order valence-electron chi connectivity index (χ0n) is 15.8. The van der Waals surface area contributed by atoms with Crippen molar-refractivity contribution in [3.8, 4) is 11.1 Å². The quantitative estimate of drug-likeness (QED) is 0.382. The summed E-state index contributed by atoms with van der Waals surface area (Å²) in [4.78, 5) is 10.5. The van der Waals surface area contributed by atoms with Crippen molar-refractivity contribution < 1.29 is 26.5 Å². The fraction of sp³-hybridized carbons (Fsp3) is 0.409. The van der Waals surface area contributed by atoms with E-state index in [2.05, 4.69) is 55.6 Å². The second-order valence-electron chi connectivity index (χ2n) is 6.67. The second kappa shape index (κ2) is 12.3. The molecule has 1 amide bonds. The molecule has 26 heavy (non-hydrogen) atoms. The van der Waals surface area contributed by atoms with E-state index in [1.54, 1.807) is 0 Å². The fourth-order valence-electron chi connectivity index (χ4n) is 3.36. The first-order valence-electron chi connectivity index (χ1n) is 9.24. The van der Waals surface area contributed by atoms with Crippen LogP contribution in [0.3, 0.4) is 0 Å². The Hall–Kier alpha value is -1.16. The maximum atomic E-state index is 10.5. The van der Waals surface area contributed by atoms with E-state index in [4.69, 9.17) is 5.73 Å². The predicted molar refractivity (Wildman–Crippen MR) is 108 cm³/mol. The molecular formula is C22H28NOSiTi. The summed E-state index contributed by atoms with van der Waals surface area (Å²) in [5.74, 6) is -0.270. The largest absolute Gasteiger partial charge is 2.00 e. The Balaban J connectivity index is 0.000000230. The van der Waals surface area contributed by atoms with E-state index in [9.17, 15) is 4.79 Å². The zero-order chi connectivity index (χ0) is 18.1. The van der Waals surface area contributed by atoms with Crippen LogP contribution >= 0.6 is 0 Å². The van der Waals surface area contributed by atoms with Gasteiger partial charge >= 0.3 is 21.7 Å². The molecule has 0 saturated heterocycles. The third kappa shape index (κ3) is 6.53. The van der Waals surface area contributed by atoms with Crippen molar-refractivity contribution in [2.75, 3.05) is 0 Å². The van der Waals surface area contributed by atoms with Gasteiger partial charge in [-0.1, -0.05) is 67.7 Å². The maximum Gasteiger partial charge on any atom is 2.00 e. The summed E-state index contributed by atoms with van der Waals surface area (Å²) in [7, 11) is 0.750. The smallest absolute Gasteiger partial charge is 0.668 e. The Morgan fingerprint density at radius 2 is 1.65 bits per heavy atom. The van der Waals surface area contributed by atoms with Gasteiger partial charge in [-0.05, 0) is 19.3 Å². The molecule has 1 N–H and O–H groups in total. The Bertz CT molecular complexity index is 640. The summed E-state index contributed by atoms with van der Waals surface area (Å²) >= 11 is 0. The standard InChI is InChI=1S/C13H9.C7H13NO.C2H7Si.Ti/c1-3-7-12-10(5-1)9-11-6-2-4-8-13(11)12;8-7(9)6-4-2-1-3-5-6;1-3-2;/h1-5,7-8H,9H2;6H,1-5H2,(H2,8,9);3H,1-2H3;/q-1;;;+2/p-1. The first kappa shape index (κ1) is 22.9. The van der Waals surface area contributed by atoms with Crippen molar-refractivity contribution in [1.29, 1.82) is 0 Å². The molecule has 2 aliphatic rings. The van der Waals surface area contributed by atoms with Gasteiger partial charge in [0.2, 0.25) is 0 Å². The third-order valence-electron chi connectivity index (χ3n) is 4.59. The van der Waals surface area contributed by atoms with E-state index in [0.29, 0.717) is 0 Å².